The number of furan rings is 1. The Hall–Kier alpha value is -3.29. The van der Waals surface area contributed by atoms with E-state index >= 15 is 0 Å². The SMILES string of the molecule is Cc1oc2ncn3nc([C@H](NC(=O)c4ccncc4)C(C)C)nc3c2c1C. The second-order valence-corrected chi connectivity index (χ2v) is 6.88. The van der Waals surface area contributed by atoms with E-state index in [2.05, 4.69) is 20.4 Å². The highest BCUT2D eigenvalue weighted by Gasteiger charge is 2.25. The summed E-state index contributed by atoms with van der Waals surface area (Å²) in [5.41, 5.74) is 2.75. The molecule has 0 aliphatic heterocycles. The van der Waals surface area contributed by atoms with Gasteiger partial charge in [0.15, 0.2) is 11.5 Å². The van der Waals surface area contributed by atoms with E-state index in [1.807, 2.05) is 27.7 Å². The zero-order valence-corrected chi connectivity index (χ0v) is 15.6. The first kappa shape index (κ1) is 17.1. The van der Waals surface area contributed by atoms with Gasteiger partial charge in [-0.3, -0.25) is 9.78 Å². The Morgan fingerprint density at radius 2 is 1.96 bits per heavy atom. The maximum atomic E-state index is 12.6. The minimum Gasteiger partial charge on any atom is -0.443 e. The molecule has 27 heavy (non-hydrogen) atoms. The van der Waals surface area contributed by atoms with Gasteiger partial charge in [0.1, 0.15) is 12.1 Å². The van der Waals surface area contributed by atoms with Crippen molar-refractivity contribution in [2.45, 2.75) is 33.7 Å². The Morgan fingerprint density at radius 3 is 2.67 bits per heavy atom. The van der Waals surface area contributed by atoms with Crippen LogP contribution in [0.3, 0.4) is 0 Å². The molecule has 0 aliphatic rings. The molecular formula is C19H20N6O2. The molecule has 0 unspecified atom stereocenters. The second-order valence-electron chi connectivity index (χ2n) is 6.88. The van der Waals surface area contributed by atoms with Gasteiger partial charge in [0.05, 0.1) is 11.4 Å². The van der Waals surface area contributed by atoms with Gasteiger partial charge in [-0.1, -0.05) is 13.8 Å². The third-order valence-electron chi connectivity index (χ3n) is 4.70. The molecule has 0 spiro atoms. The number of hydrogen-bond acceptors (Lipinski definition) is 6. The Balaban J connectivity index is 1.76. The minimum absolute atomic E-state index is 0.101. The van der Waals surface area contributed by atoms with Crippen LogP contribution in [0.5, 0.6) is 0 Å². The number of nitrogens with one attached hydrogen (secondary N) is 1. The van der Waals surface area contributed by atoms with E-state index in [1.54, 1.807) is 35.4 Å². The predicted molar refractivity (Wildman–Crippen MR) is 99.3 cm³/mol. The van der Waals surface area contributed by atoms with Crippen molar-refractivity contribution < 1.29 is 9.21 Å². The summed E-state index contributed by atoms with van der Waals surface area (Å²) < 4.78 is 7.31. The first-order valence-corrected chi connectivity index (χ1v) is 8.77. The van der Waals surface area contributed by atoms with Crippen molar-refractivity contribution >= 4 is 22.7 Å². The summed E-state index contributed by atoms with van der Waals surface area (Å²) in [5, 5.41) is 8.43. The van der Waals surface area contributed by atoms with Crippen molar-refractivity contribution in [3.8, 4) is 0 Å². The summed E-state index contributed by atoms with van der Waals surface area (Å²) in [6.07, 6.45) is 4.77. The van der Waals surface area contributed by atoms with Crippen LogP contribution in [-0.2, 0) is 0 Å². The van der Waals surface area contributed by atoms with E-state index in [4.69, 9.17) is 9.40 Å². The lowest BCUT2D eigenvalue weighted by atomic mass is 10.0. The standard InChI is InChI=1S/C19H20N6O2/c1-10(2)15(22-18(26)13-5-7-20-8-6-13)16-23-17-14-11(3)12(4)27-19(14)21-9-25(17)24-16/h5-10,15H,1-4H3,(H,22,26)/t15-/m1/s1. The fraction of sp³-hybridized carbons (Fsp3) is 0.316. The molecule has 8 nitrogen and oxygen atoms in total. The molecule has 1 atom stereocenters. The zero-order chi connectivity index (χ0) is 19.1. The molecule has 1 amide bonds. The summed E-state index contributed by atoms with van der Waals surface area (Å²) in [6.45, 7) is 7.91. The van der Waals surface area contributed by atoms with Gasteiger partial charge in [-0.25, -0.2) is 14.5 Å². The van der Waals surface area contributed by atoms with Gasteiger partial charge in [0.2, 0.25) is 5.71 Å². The van der Waals surface area contributed by atoms with Crippen LogP contribution >= 0.6 is 0 Å². The van der Waals surface area contributed by atoms with Crippen LogP contribution in [0.2, 0.25) is 0 Å². The highest BCUT2D eigenvalue weighted by atomic mass is 16.3. The summed E-state index contributed by atoms with van der Waals surface area (Å²) in [6, 6.07) is 3.01. The maximum absolute atomic E-state index is 12.6. The van der Waals surface area contributed by atoms with Crippen molar-refractivity contribution in [3.05, 3.63) is 53.6 Å². The number of aromatic nitrogens is 5. The van der Waals surface area contributed by atoms with Gasteiger partial charge in [-0.05, 0) is 31.9 Å². The van der Waals surface area contributed by atoms with Gasteiger partial charge < -0.3 is 9.73 Å². The Morgan fingerprint density at radius 1 is 1.22 bits per heavy atom. The molecule has 0 radical (unpaired) electrons. The highest BCUT2D eigenvalue weighted by Crippen LogP contribution is 2.27. The second kappa shape index (κ2) is 6.46. The van der Waals surface area contributed by atoms with Crippen LogP contribution in [-0.4, -0.2) is 30.5 Å². The van der Waals surface area contributed by atoms with Crippen molar-refractivity contribution in [2.24, 2.45) is 5.92 Å². The average Bonchev–Trinajstić information content (AvgIpc) is 3.20. The smallest absolute Gasteiger partial charge is 0.251 e. The maximum Gasteiger partial charge on any atom is 0.251 e. The third-order valence-corrected chi connectivity index (χ3v) is 4.70. The van der Waals surface area contributed by atoms with Crippen LogP contribution in [0.1, 0.15) is 47.4 Å². The van der Waals surface area contributed by atoms with Crippen LogP contribution in [0, 0.1) is 19.8 Å². The first-order valence-electron chi connectivity index (χ1n) is 8.77. The number of carbonyl (C=O) groups is 1. The van der Waals surface area contributed by atoms with Crippen molar-refractivity contribution in [1.29, 1.82) is 0 Å². The molecule has 0 saturated heterocycles. The predicted octanol–water partition coefficient (Wildman–Crippen LogP) is 3.01. The number of pyridine rings is 1. The van der Waals surface area contributed by atoms with Crippen molar-refractivity contribution in [3.63, 3.8) is 0 Å². The van der Waals surface area contributed by atoms with Gasteiger partial charge in [-0.15, -0.1) is 5.10 Å². The summed E-state index contributed by atoms with van der Waals surface area (Å²) in [7, 11) is 0. The molecule has 0 bridgehead atoms. The summed E-state index contributed by atoms with van der Waals surface area (Å²) >= 11 is 0. The van der Waals surface area contributed by atoms with E-state index in [0.29, 0.717) is 22.7 Å². The number of rotatable bonds is 4. The third kappa shape index (κ3) is 2.92. The zero-order valence-electron chi connectivity index (χ0n) is 15.6. The van der Waals surface area contributed by atoms with Crippen LogP contribution in [0.25, 0.3) is 16.7 Å². The number of nitrogens with zero attached hydrogens (tertiary/aromatic N) is 5. The highest BCUT2D eigenvalue weighted by molar-refractivity contribution is 5.94. The van der Waals surface area contributed by atoms with E-state index in [0.717, 1.165) is 16.7 Å². The summed E-state index contributed by atoms with van der Waals surface area (Å²) in [5.74, 6) is 1.26. The Labute approximate surface area is 155 Å². The molecule has 0 fully saturated rings. The monoisotopic (exact) mass is 364 g/mol. The lowest BCUT2D eigenvalue weighted by Crippen LogP contribution is -2.32. The number of amides is 1. The largest absolute Gasteiger partial charge is 0.443 e. The van der Waals surface area contributed by atoms with Gasteiger partial charge >= 0.3 is 0 Å². The van der Waals surface area contributed by atoms with E-state index in [9.17, 15) is 4.79 Å². The molecule has 4 aromatic rings. The molecule has 1 N–H and O–H groups in total. The van der Waals surface area contributed by atoms with E-state index in [-0.39, 0.29) is 17.9 Å². The van der Waals surface area contributed by atoms with Gasteiger partial charge in [0.25, 0.3) is 5.91 Å². The molecule has 4 aromatic heterocycles. The fourth-order valence-corrected chi connectivity index (χ4v) is 3.05. The Kier molecular flexibility index (Phi) is 4.10. The van der Waals surface area contributed by atoms with Crippen molar-refractivity contribution in [1.82, 2.24) is 29.9 Å². The topological polar surface area (TPSA) is 98.2 Å². The van der Waals surface area contributed by atoms with E-state index < -0.39 is 0 Å². The molecule has 0 aliphatic carbocycles. The quantitative estimate of drug-likeness (QED) is 0.598. The molecule has 0 aromatic carbocycles. The number of carbonyl (C=O) groups excluding carboxylic acids is 1. The fourth-order valence-electron chi connectivity index (χ4n) is 3.05. The lowest BCUT2D eigenvalue weighted by molar-refractivity contribution is 0.0923. The van der Waals surface area contributed by atoms with Crippen LogP contribution < -0.4 is 5.32 Å². The molecule has 4 rings (SSSR count). The van der Waals surface area contributed by atoms with Crippen LogP contribution in [0.15, 0.2) is 35.3 Å². The number of hydrogen-bond donors (Lipinski definition) is 1. The minimum atomic E-state index is -0.339. The van der Waals surface area contributed by atoms with Gasteiger partial charge in [-0.2, -0.15) is 0 Å². The molecular weight excluding hydrogens is 344 g/mol. The lowest BCUT2D eigenvalue weighted by Gasteiger charge is -2.19. The first-order chi connectivity index (χ1) is 13.0. The molecule has 138 valence electrons. The Bertz CT molecular complexity index is 1130. The van der Waals surface area contributed by atoms with E-state index in [1.165, 1.54) is 0 Å². The van der Waals surface area contributed by atoms with Gasteiger partial charge in [0, 0.05) is 23.5 Å². The number of aryl methyl sites for hydroxylation is 2. The average molecular weight is 364 g/mol. The molecule has 4 heterocycles. The van der Waals surface area contributed by atoms with Crippen LogP contribution in [0.4, 0.5) is 0 Å². The molecule has 8 heteroatoms. The molecule has 0 saturated carbocycles. The number of fused-ring (bicyclic) bond motifs is 3. The normalized spacial score (nSPS) is 12.8. The summed E-state index contributed by atoms with van der Waals surface area (Å²) in [4.78, 5) is 25.6. The van der Waals surface area contributed by atoms with Crippen molar-refractivity contribution in [2.75, 3.05) is 0 Å².